The van der Waals surface area contributed by atoms with Gasteiger partial charge in [-0.1, -0.05) is 73.5 Å². The highest BCUT2D eigenvalue weighted by atomic mass is 79.9. The van der Waals surface area contributed by atoms with E-state index in [1.54, 1.807) is 0 Å². The number of benzene rings is 1. The Morgan fingerprint density at radius 1 is 1.10 bits per heavy atom. The number of rotatable bonds is 10. The molecule has 0 aliphatic rings. The molecule has 0 saturated carbocycles. The Balaban J connectivity index is 2.03. The van der Waals surface area contributed by atoms with Gasteiger partial charge in [0.1, 0.15) is 6.61 Å². The van der Waals surface area contributed by atoms with Crippen LogP contribution in [-0.2, 0) is 16.1 Å². The summed E-state index contributed by atoms with van der Waals surface area (Å²) < 4.78 is 6.28. The smallest absolute Gasteiger partial charge is 0.306 e. The van der Waals surface area contributed by atoms with Crippen LogP contribution in [0.5, 0.6) is 0 Å². The van der Waals surface area contributed by atoms with E-state index in [0.29, 0.717) is 13.0 Å². The predicted molar refractivity (Wildman–Crippen MR) is 86.5 cm³/mol. The quantitative estimate of drug-likeness (QED) is 0.407. The minimum absolute atomic E-state index is 0.0847. The van der Waals surface area contributed by atoms with E-state index in [4.69, 9.17) is 4.74 Å². The standard InChI is InChI=1S/C17H25BrO2/c1-2-3-4-5-6-7-8-12-17(19)20-14-15-10-9-11-16(18)13-15/h9-11,13H,2-8,12,14H2,1H3. The Morgan fingerprint density at radius 3 is 2.50 bits per heavy atom. The number of halogens is 1. The molecule has 0 amide bonds. The molecule has 1 aromatic rings. The zero-order valence-corrected chi connectivity index (χ0v) is 14.0. The molecule has 3 heteroatoms. The Kier molecular flexibility index (Phi) is 9.38. The van der Waals surface area contributed by atoms with Gasteiger partial charge in [0.05, 0.1) is 0 Å². The van der Waals surface area contributed by atoms with Crippen LogP contribution in [0.15, 0.2) is 28.7 Å². The van der Waals surface area contributed by atoms with Crippen LogP contribution in [0.4, 0.5) is 0 Å². The minimum Gasteiger partial charge on any atom is -0.461 e. The number of hydrogen-bond acceptors (Lipinski definition) is 2. The highest BCUT2D eigenvalue weighted by Crippen LogP contribution is 2.13. The zero-order valence-electron chi connectivity index (χ0n) is 12.4. The van der Waals surface area contributed by atoms with Crippen LogP contribution in [0, 0.1) is 0 Å². The van der Waals surface area contributed by atoms with Crippen molar-refractivity contribution in [3.63, 3.8) is 0 Å². The van der Waals surface area contributed by atoms with Crippen molar-refractivity contribution in [3.8, 4) is 0 Å². The van der Waals surface area contributed by atoms with Gasteiger partial charge in [0.25, 0.3) is 0 Å². The van der Waals surface area contributed by atoms with Gasteiger partial charge < -0.3 is 4.74 Å². The van der Waals surface area contributed by atoms with Gasteiger partial charge in [0, 0.05) is 10.9 Å². The third-order valence-corrected chi connectivity index (χ3v) is 3.77. The normalized spacial score (nSPS) is 10.5. The van der Waals surface area contributed by atoms with Gasteiger partial charge in [-0.2, -0.15) is 0 Å². The summed E-state index contributed by atoms with van der Waals surface area (Å²) in [5.41, 5.74) is 1.02. The van der Waals surface area contributed by atoms with Crippen LogP contribution in [0.2, 0.25) is 0 Å². The summed E-state index contributed by atoms with van der Waals surface area (Å²) in [5.74, 6) is -0.0847. The first-order valence-electron chi connectivity index (χ1n) is 7.62. The molecule has 0 atom stereocenters. The minimum atomic E-state index is -0.0847. The Bertz CT molecular complexity index is 390. The number of ether oxygens (including phenoxy) is 1. The van der Waals surface area contributed by atoms with Crippen molar-refractivity contribution in [1.82, 2.24) is 0 Å². The van der Waals surface area contributed by atoms with E-state index in [2.05, 4.69) is 22.9 Å². The molecule has 112 valence electrons. The summed E-state index contributed by atoms with van der Waals surface area (Å²) in [6, 6.07) is 7.85. The first kappa shape index (κ1) is 17.2. The molecule has 0 bridgehead atoms. The number of carbonyl (C=O) groups is 1. The maximum Gasteiger partial charge on any atom is 0.306 e. The van der Waals surface area contributed by atoms with E-state index in [9.17, 15) is 4.79 Å². The SMILES string of the molecule is CCCCCCCCCC(=O)OCc1cccc(Br)c1. The Morgan fingerprint density at radius 2 is 1.80 bits per heavy atom. The van der Waals surface area contributed by atoms with Crippen molar-refractivity contribution in [1.29, 1.82) is 0 Å². The molecule has 0 aliphatic heterocycles. The summed E-state index contributed by atoms with van der Waals surface area (Å²) in [6.45, 7) is 2.59. The van der Waals surface area contributed by atoms with Crippen molar-refractivity contribution in [2.24, 2.45) is 0 Å². The Hall–Kier alpha value is -0.830. The fourth-order valence-corrected chi connectivity index (χ4v) is 2.54. The highest BCUT2D eigenvalue weighted by molar-refractivity contribution is 9.10. The van der Waals surface area contributed by atoms with E-state index in [0.717, 1.165) is 22.9 Å². The number of esters is 1. The van der Waals surface area contributed by atoms with Gasteiger partial charge in [-0.3, -0.25) is 4.79 Å². The van der Waals surface area contributed by atoms with Gasteiger partial charge in [0.15, 0.2) is 0 Å². The fourth-order valence-electron chi connectivity index (χ4n) is 2.09. The lowest BCUT2D eigenvalue weighted by atomic mass is 10.1. The topological polar surface area (TPSA) is 26.3 Å². The van der Waals surface area contributed by atoms with Crippen LogP contribution in [0.1, 0.15) is 63.9 Å². The lowest BCUT2D eigenvalue weighted by Gasteiger charge is -2.05. The van der Waals surface area contributed by atoms with Crippen molar-refractivity contribution in [2.75, 3.05) is 0 Å². The van der Waals surface area contributed by atoms with E-state index >= 15 is 0 Å². The van der Waals surface area contributed by atoms with Crippen LogP contribution in [0.3, 0.4) is 0 Å². The molecule has 0 saturated heterocycles. The molecule has 0 fully saturated rings. The van der Waals surface area contributed by atoms with Crippen LogP contribution in [-0.4, -0.2) is 5.97 Å². The summed E-state index contributed by atoms with van der Waals surface area (Å²) in [4.78, 5) is 11.6. The molecule has 0 aromatic heterocycles. The summed E-state index contributed by atoms with van der Waals surface area (Å²) >= 11 is 3.41. The molecule has 0 N–H and O–H groups in total. The van der Waals surface area contributed by atoms with E-state index in [1.165, 1.54) is 32.1 Å². The maximum atomic E-state index is 11.6. The molecule has 0 unspecified atom stereocenters. The Labute approximate surface area is 131 Å². The molecule has 1 aromatic carbocycles. The van der Waals surface area contributed by atoms with Crippen molar-refractivity contribution in [3.05, 3.63) is 34.3 Å². The lowest BCUT2D eigenvalue weighted by molar-refractivity contribution is -0.145. The van der Waals surface area contributed by atoms with Gasteiger partial charge in [-0.05, 0) is 24.1 Å². The third kappa shape index (κ3) is 8.36. The van der Waals surface area contributed by atoms with Crippen LogP contribution in [0.25, 0.3) is 0 Å². The highest BCUT2D eigenvalue weighted by Gasteiger charge is 2.03. The largest absolute Gasteiger partial charge is 0.461 e. The maximum absolute atomic E-state index is 11.6. The van der Waals surface area contributed by atoms with Gasteiger partial charge in [-0.15, -0.1) is 0 Å². The monoisotopic (exact) mass is 340 g/mol. The zero-order chi connectivity index (χ0) is 14.6. The van der Waals surface area contributed by atoms with E-state index in [-0.39, 0.29) is 5.97 Å². The molecule has 1 rings (SSSR count). The molecule has 0 spiro atoms. The van der Waals surface area contributed by atoms with Crippen molar-refractivity contribution in [2.45, 2.75) is 64.9 Å². The summed E-state index contributed by atoms with van der Waals surface area (Å²) in [6.07, 6.45) is 9.08. The van der Waals surface area contributed by atoms with Crippen molar-refractivity contribution < 1.29 is 9.53 Å². The molecule has 20 heavy (non-hydrogen) atoms. The van der Waals surface area contributed by atoms with Gasteiger partial charge in [-0.25, -0.2) is 0 Å². The second kappa shape index (κ2) is 10.9. The van der Waals surface area contributed by atoms with Gasteiger partial charge in [0.2, 0.25) is 0 Å². The third-order valence-electron chi connectivity index (χ3n) is 3.27. The predicted octanol–water partition coefficient (Wildman–Crippen LogP) is 5.63. The first-order chi connectivity index (χ1) is 9.72. The fraction of sp³-hybridized carbons (Fsp3) is 0.588. The average molecular weight is 341 g/mol. The number of carbonyl (C=O) groups excluding carboxylic acids is 1. The number of unbranched alkanes of at least 4 members (excludes halogenated alkanes) is 6. The van der Waals surface area contributed by atoms with E-state index in [1.807, 2.05) is 24.3 Å². The lowest BCUT2D eigenvalue weighted by Crippen LogP contribution is -2.04. The second-order valence-corrected chi connectivity index (χ2v) is 6.08. The molecular weight excluding hydrogens is 316 g/mol. The molecule has 2 nitrogen and oxygen atoms in total. The molecular formula is C17H25BrO2. The number of hydrogen-bond donors (Lipinski definition) is 0. The first-order valence-corrected chi connectivity index (χ1v) is 8.41. The summed E-state index contributed by atoms with van der Waals surface area (Å²) in [5, 5.41) is 0. The van der Waals surface area contributed by atoms with Crippen LogP contribution < -0.4 is 0 Å². The molecule has 0 aliphatic carbocycles. The molecule has 0 heterocycles. The van der Waals surface area contributed by atoms with E-state index < -0.39 is 0 Å². The van der Waals surface area contributed by atoms with Crippen LogP contribution >= 0.6 is 15.9 Å². The van der Waals surface area contributed by atoms with Crippen molar-refractivity contribution >= 4 is 21.9 Å². The second-order valence-electron chi connectivity index (χ2n) is 5.16. The molecule has 0 radical (unpaired) electrons. The summed E-state index contributed by atoms with van der Waals surface area (Å²) in [7, 11) is 0. The van der Waals surface area contributed by atoms with Gasteiger partial charge >= 0.3 is 5.97 Å². The average Bonchev–Trinajstić information content (AvgIpc) is 2.44.